The van der Waals surface area contributed by atoms with Crippen LogP contribution in [0.2, 0.25) is 0 Å². The number of rotatable bonds is 6. The van der Waals surface area contributed by atoms with E-state index in [1.807, 2.05) is 60.3 Å². The Balaban J connectivity index is 1.39. The van der Waals surface area contributed by atoms with Crippen molar-refractivity contribution in [2.24, 2.45) is 0 Å². The highest BCUT2D eigenvalue weighted by Crippen LogP contribution is 2.43. The predicted molar refractivity (Wildman–Crippen MR) is 121 cm³/mol. The lowest BCUT2D eigenvalue weighted by Crippen LogP contribution is -2.32. The first kappa shape index (κ1) is 19.4. The minimum atomic E-state index is -0.190. The molecular formula is C24H25N3O2S. The lowest BCUT2D eigenvalue weighted by Gasteiger charge is -2.27. The van der Waals surface area contributed by atoms with Gasteiger partial charge in [0.15, 0.2) is 5.69 Å². The van der Waals surface area contributed by atoms with Gasteiger partial charge in [-0.25, -0.2) is 4.98 Å². The first-order chi connectivity index (χ1) is 14.8. The van der Waals surface area contributed by atoms with Crippen LogP contribution in [0.1, 0.15) is 40.6 Å². The van der Waals surface area contributed by atoms with Gasteiger partial charge in [-0.05, 0) is 36.6 Å². The first-order valence-electron chi connectivity index (χ1n) is 10.5. The zero-order valence-electron chi connectivity index (χ0n) is 16.8. The van der Waals surface area contributed by atoms with Crippen LogP contribution in [-0.4, -0.2) is 40.4 Å². The van der Waals surface area contributed by atoms with Crippen LogP contribution in [0.4, 0.5) is 5.69 Å². The molecule has 2 heterocycles. The molecule has 0 spiro atoms. The largest absolute Gasteiger partial charge is 0.440 e. The lowest BCUT2D eigenvalue weighted by atomic mass is 10.1. The molecule has 1 aliphatic heterocycles. The number of aromatic nitrogens is 1. The Morgan fingerprint density at radius 1 is 1.07 bits per heavy atom. The topological polar surface area (TPSA) is 58.4 Å². The van der Waals surface area contributed by atoms with E-state index in [-0.39, 0.29) is 5.91 Å². The Morgan fingerprint density at radius 3 is 2.57 bits per heavy atom. The van der Waals surface area contributed by atoms with Gasteiger partial charge in [0.2, 0.25) is 5.89 Å². The molecule has 1 amide bonds. The van der Waals surface area contributed by atoms with Gasteiger partial charge in [-0.2, -0.15) is 11.8 Å². The molecule has 1 aliphatic carbocycles. The molecule has 2 fully saturated rings. The third-order valence-electron chi connectivity index (χ3n) is 5.60. The number of nitrogens with zero attached hydrogens (tertiary/aromatic N) is 2. The Labute approximate surface area is 180 Å². The number of carbonyl (C=O) groups is 1. The zero-order chi connectivity index (χ0) is 20.3. The van der Waals surface area contributed by atoms with E-state index >= 15 is 0 Å². The van der Waals surface area contributed by atoms with E-state index in [0.29, 0.717) is 17.5 Å². The van der Waals surface area contributed by atoms with Gasteiger partial charge in [0.05, 0.1) is 0 Å². The van der Waals surface area contributed by atoms with E-state index in [1.165, 1.54) is 11.5 Å². The average Bonchev–Trinajstić information content (AvgIpc) is 3.54. The van der Waals surface area contributed by atoms with Crippen LogP contribution in [0.25, 0.3) is 11.5 Å². The van der Waals surface area contributed by atoms with Gasteiger partial charge < -0.3 is 9.73 Å². The molecule has 0 unspecified atom stereocenters. The van der Waals surface area contributed by atoms with Gasteiger partial charge in [0.25, 0.3) is 5.91 Å². The SMILES string of the molecule is O=C(Nc1ccccc1CN1CCSCC1)c1nc(-c2ccccc2)oc1C1CC1. The molecule has 5 rings (SSSR count). The molecule has 1 aromatic heterocycles. The van der Waals surface area contributed by atoms with Crippen molar-refractivity contribution < 1.29 is 9.21 Å². The van der Waals surface area contributed by atoms with Crippen molar-refractivity contribution in [2.45, 2.75) is 25.3 Å². The second-order valence-corrected chi connectivity index (χ2v) is 9.10. The second-order valence-electron chi connectivity index (χ2n) is 7.87. The molecule has 2 aliphatic rings. The van der Waals surface area contributed by atoms with Gasteiger partial charge >= 0.3 is 0 Å². The van der Waals surface area contributed by atoms with Crippen LogP contribution >= 0.6 is 11.8 Å². The summed E-state index contributed by atoms with van der Waals surface area (Å²) in [7, 11) is 0. The van der Waals surface area contributed by atoms with Crippen LogP contribution in [0, 0.1) is 0 Å². The summed E-state index contributed by atoms with van der Waals surface area (Å²) in [6, 6.07) is 17.8. The minimum Gasteiger partial charge on any atom is -0.440 e. The lowest BCUT2D eigenvalue weighted by molar-refractivity contribution is 0.102. The second kappa shape index (κ2) is 8.66. The standard InChI is InChI=1S/C24H25N3O2S/c28-23(25-20-9-5-4-8-19(20)16-27-12-14-30-15-13-27)21-22(17-10-11-17)29-24(26-21)18-6-2-1-3-7-18/h1-9,17H,10-16H2,(H,25,28). The molecule has 0 radical (unpaired) electrons. The van der Waals surface area contributed by atoms with Crippen LogP contribution in [0.5, 0.6) is 0 Å². The Hall–Kier alpha value is -2.57. The van der Waals surface area contributed by atoms with Gasteiger partial charge in [0.1, 0.15) is 5.76 Å². The van der Waals surface area contributed by atoms with Gasteiger partial charge in [-0.3, -0.25) is 9.69 Å². The number of hydrogen-bond donors (Lipinski definition) is 1. The summed E-state index contributed by atoms with van der Waals surface area (Å²) < 4.78 is 6.05. The predicted octanol–water partition coefficient (Wildman–Crippen LogP) is 5.02. The average molecular weight is 420 g/mol. The molecule has 6 heteroatoms. The molecule has 154 valence electrons. The maximum Gasteiger partial charge on any atom is 0.277 e. The fourth-order valence-electron chi connectivity index (χ4n) is 3.78. The number of amides is 1. The number of para-hydroxylation sites is 1. The summed E-state index contributed by atoms with van der Waals surface area (Å²) in [5.74, 6) is 3.68. The summed E-state index contributed by atoms with van der Waals surface area (Å²) in [5, 5.41) is 3.11. The molecule has 0 bridgehead atoms. The van der Waals surface area contributed by atoms with E-state index < -0.39 is 0 Å². The zero-order valence-corrected chi connectivity index (χ0v) is 17.7. The highest BCUT2D eigenvalue weighted by molar-refractivity contribution is 7.99. The maximum atomic E-state index is 13.2. The summed E-state index contributed by atoms with van der Waals surface area (Å²) in [6.45, 7) is 3.02. The molecule has 2 aromatic carbocycles. The van der Waals surface area contributed by atoms with Crippen LogP contribution < -0.4 is 5.32 Å². The van der Waals surface area contributed by atoms with Crippen molar-refractivity contribution >= 4 is 23.4 Å². The molecule has 1 N–H and O–H groups in total. The van der Waals surface area contributed by atoms with E-state index in [1.54, 1.807) is 0 Å². The van der Waals surface area contributed by atoms with Crippen molar-refractivity contribution in [3.63, 3.8) is 0 Å². The molecule has 30 heavy (non-hydrogen) atoms. The summed E-state index contributed by atoms with van der Waals surface area (Å²) >= 11 is 2.00. The number of carbonyl (C=O) groups excluding carboxylic acids is 1. The summed E-state index contributed by atoms with van der Waals surface area (Å²) in [6.07, 6.45) is 2.10. The van der Waals surface area contributed by atoms with Gasteiger partial charge in [-0.15, -0.1) is 0 Å². The van der Waals surface area contributed by atoms with Crippen molar-refractivity contribution in [1.29, 1.82) is 0 Å². The Morgan fingerprint density at radius 2 is 1.80 bits per heavy atom. The van der Waals surface area contributed by atoms with Crippen molar-refractivity contribution in [3.05, 3.63) is 71.6 Å². The summed E-state index contributed by atoms with van der Waals surface area (Å²) in [4.78, 5) is 20.2. The third-order valence-corrected chi connectivity index (χ3v) is 6.54. The normalized spacial score (nSPS) is 17.1. The van der Waals surface area contributed by atoms with Gasteiger partial charge in [-0.1, -0.05) is 36.4 Å². The fourth-order valence-corrected chi connectivity index (χ4v) is 4.76. The number of anilines is 1. The number of hydrogen-bond acceptors (Lipinski definition) is 5. The molecule has 1 saturated heterocycles. The monoisotopic (exact) mass is 419 g/mol. The van der Waals surface area contributed by atoms with Crippen LogP contribution in [0.3, 0.4) is 0 Å². The fraction of sp³-hybridized carbons (Fsp3) is 0.333. The number of thioether (sulfide) groups is 1. The van der Waals surface area contributed by atoms with Crippen LogP contribution in [0.15, 0.2) is 59.0 Å². The molecule has 1 saturated carbocycles. The molecular weight excluding hydrogens is 394 g/mol. The smallest absolute Gasteiger partial charge is 0.277 e. The highest BCUT2D eigenvalue weighted by atomic mass is 32.2. The molecule has 3 aromatic rings. The Kier molecular flexibility index (Phi) is 5.60. The minimum absolute atomic E-state index is 0.190. The maximum absolute atomic E-state index is 13.2. The van der Waals surface area contributed by atoms with E-state index in [2.05, 4.69) is 21.3 Å². The van der Waals surface area contributed by atoms with E-state index in [0.717, 1.165) is 55.1 Å². The first-order valence-corrected chi connectivity index (χ1v) is 11.7. The molecule has 5 nitrogen and oxygen atoms in total. The highest BCUT2D eigenvalue weighted by Gasteiger charge is 2.34. The Bertz CT molecular complexity index is 1020. The van der Waals surface area contributed by atoms with Crippen molar-refractivity contribution in [3.8, 4) is 11.5 Å². The summed E-state index contributed by atoms with van der Waals surface area (Å²) in [5.41, 5.74) is 3.30. The van der Waals surface area contributed by atoms with Crippen molar-refractivity contribution in [2.75, 3.05) is 29.9 Å². The number of oxazole rings is 1. The van der Waals surface area contributed by atoms with Crippen molar-refractivity contribution in [1.82, 2.24) is 9.88 Å². The third kappa shape index (κ3) is 4.30. The quantitative estimate of drug-likeness (QED) is 0.608. The van der Waals surface area contributed by atoms with E-state index in [4.69, 9.17) is 4.42 Å². The van der Waals surface area contributed by atoms with E-state index in [9.17, 15) is 4.79 Å². The van der Waals surface area contributed by atoms with Gasteiger partial charge in [0, 0.05) is 48.3 Å². The molecule has 0 atom stereocenters. The number of nitrogens with one attached hydrogen (secondary N) is 1. The number of benzene rings is 2. The van der Waals surface area contributed by atoms with Crippen LogP contribution in [-0.2, 0) is 6.54 Å².